The second-order valence-electron chi connectivity index (χ2n) is 23.1. The molecule has 3 fully saturated rings. The van der Waals surface area contributed by atoms with Gasteiger partial charge in [-0.2, -0.15) is 0 Å². The lowest BCUT2D eigenvalue weighted by molar-refractivity contribution is -0.197. The van der Waals surface area contributed by atoms with Crippen LogP contribution in [0, 0.1) is 22.7 Å². The number of hydroxylamine groups is 2. The van der Waals surface area contributed by atoms with Gasteiger partial charge in [-0.25, -0.2) is 14.4 Å². The van der Waals surface area contributed by atoms with E-state index in [0.717, 1.165) is 5.56 Å². The molecular weight excluding hydrogens is 1100 g/mol. The Morgan fingerprint density at radius 3 is 2.12 bits per heavy atom. The van der Waals surface area contributed by atoms with Crippen LogP contribution < -0.4 is 36.6 Å². The molecule has 454 valence electrons. The van der Waals surface area contributed by atoms with Crippen molar-refractivity contribution in [2.75, 3.05) is 20.2 Å². The van der Waals surface area contributed by atoms with E-state index < -0.39 is 106 Å². The molecule has 3 aliphatic heterocycles. The van der Waals surface area contributed by atoms with Gasteiger partial charge in [-0.3, -0.25) is 38.4 Å². The molecule has 9 amide bonds. The quantitative estimate of drug-likeness (QED) is 0.0256. The Hall–Kier alpha value is -7.60. The van der Waals surface area contributed by atoms with Crippen molar-refractivity contribution in [2.45, 2.75) is 169 Å². The third-order valence-corrected chi connectivity index (χ3v) is 14.6. The molecule has 3 heterocycles. The van der Waals surface area contributed by atoms with Gasteiger partial charge in [-0.05, 0) is 98.6 Å². The zero-order valence-corrected chi connectivity index (χ0v) is 49.5. The highest BCUT2D eigenvalue weighted by Crippen LogP contribution is 2.44. The van der Waals surface area contributed by atoms with Crippen LogP contribution in [-0.2, 0) is 75.3 Å². The van der Waals surface area contributed by atoms with E-state index in [0.29, 0.717) is 39.8 Å². The molecule has 5 rings (SSSR count). The third-order valence-electron chi connectivity index (χ3n) is 14.3. The smallest absolute Gasteiger partial charge is 0.407 e. The first-order valence-electron chi connectivity index (χ1n) is 27.8. The molecule has 8 atom stereocenters. The molecule has 0 saturated carbocycles. The summed E-state index contributed by atoms with van der Waals surface area (Å²) in [6.45, 7) is 15.6. The molecular formula is C58H79ClN8O16. The van der Waals surface area contributed by atoms with Gasteiger partial charge in [-0.1, -0.05) is 89.6 Å². The van der Waals surface area contributed by atoms with Crippen molar-refractivity contribution in [3.05, 3.63) is 76.3 Å². The van der Waals surface area contributed by atoms with Gasteiger partial charge in [0.15, 0.2) is 0 Å². The lowest BCUT2D eigenvalue weighted by Crippen LogP contribution is -2.59. The number of benzene rings is 2. The van der Waals surface area contributed by atoms with Crippen molar-refractivity contribution in [2.24, 2.45) is 22.7 Å². The molecule has 24 nitrogen and oxygen atoms in total. The SMILES string of the molecule is COc1ccc(C[C@@H]2C(=O)N[C@H](C(C)(C)C(=O)NC(CC(C)(C)C)C(=O)O)N2C(=O)/C=C/CC[C@H](C)C2OC2c2ccc(COC(=O)NCCNC(=O)[C@H](C)NC(=O)C(NC(=O)CCCC(=O)ON3C(=O)CCC3=O)C(C)C)cc2)cc1Cl. The number of amides is 9. The first-order chi connectivity index (χ1) is 39.0. The first-order valence-corrected chi connectivity index (χ1v) is 28.1. The van der Waals surface area contributed by atoms with Gasteiger partial charge in [0.05, 0.1) is 23.7 Å². The number of epoxide rings is 1. The van der Waals surface area contributed by atoms with Crippen molar-refractivity contribution in [3.63, 3.8) is 0 Å². The average Bonchev–Trinajstić information content (AvgIpc) is 3.39. The van der Waals surface area contributed by atoms with Crippen LogP contribution in [0.15, 0.2) is 54.6 Å². The van der Waals surface area contributed by atoms with E-state index in [-0.39, 0.29) is 88.7 Å². The minimum Gasteiger partial charge on any atom is -0.495 e. The number of carboxylic acid groups (broad SMARTS) is 1. The number of carbonyl (C=O) groups is 11. The summed E-state index contributed by atoms with van der Waals surface area (Å²) in [5.74, 6) is -6.47. The monoisotopic (exact) mass is 1180 g/mol. The van der Waals surface area contributed by atoms with Crippen molar-refractivity contribution >= 4 is 76.9 Å². The van der Waals surface area contributed by atoms with Crippen LogP contribution in [-0.4, -0.2) is 137 Å². The average molecular weight is 1180 g/mol. The Balaban J connectivity index is 1.03. The maximum atomic E-state index is 14.2. The van der Waals surface area contributed by atoms with Gasteiger partial charge in [0.2, 0.25) is 35.4 Å². The number of rotatable bonds is 29. The number of ether oxygens (including phenoxy) is 3. The molecule has 25 heteroatoms. The number of allylic oxidation sites excluding steroid dienone is 1. The summed E-state index contributed by atoms with van der Waals surface area (Å²) in [6.07, 6.45) is 1.90. The van der Waals surface area contributed by atoms with Crippen molar-refractivity contribution in [1.29, 1.82) is 0 Å². The molecule has 0 bridgehead atoms. The predicted molar refractivity (Wildman–Crippen MR) is 300 cm³/mol. The largest absolute Gasteiger partial charge is 0.495 e. The number of halogens is 1. The minimum absolute atomic E-state index is 0.0179. The molecule has 2 aromatic rings. The topological polar surface area (TPSA) is 327 Å². The maximum absolute atomic E-state index is 14.2. The number of alkyl carbamates (subject to hydrolysis) is 1. The summed E-state index contributed by atoms with van der Waals surface area (Å²) in [5.41, 5.74) is 0.394. The second-order valence-corrected chi connectivity index (χ2v) is 23.5. The van der Waals surface area contributed by atoms with Crippen molar-refractivity contribution < 1.29 is 76.9 Å². The fourth-order valence-electron chi connectivity index (χ4n) is 9.42. The number of hydrogen-bond acceptors (Lipinski definition) is 15. The van der Waals surface area contributed by atoms with E-state index in [1.54, 1.807) is 52.0 Å². The highest BCUT2D eigenvalue weighted by atomic mass is 35.5. The Morgan fingerprint density at radius 1 is 0.855 bits per heavy atom. The summed E-state index contributed by atoms with van der Waals surface area (Å²) in [7, 11) is 1.48. The molecule has 4 unspecified atom stereocenters. The third kappa shape index (κ3) is 19.2. The molecule has 0 radical (unpaired) electrons. The van der Waals surface area contributed by atoms with E-state index in [2.05, 4.69) is 31.9 Å². The molecule has 0 spiro atoms. The van der Waals surface area contributed by atoms with Crippen LogP contribution >= 0.6 is 11.6 Å². The van der Waals surface area contributed by atoms with E-state index >= 15 is 0 Å². The Kier molecular flexibility index (Phi) is 23.6. The van der Waals surface area contributed by atoms with Gasteiger partial charge < -0.3 is 61.0 Å². The van der Waals surface area contributed by atoms with E-state index in [1.807, 2.05) is 52.0 Å². The van der Waals surface area contributed by atoms with Crippen LogP contribution in [0.3, 0.4) is 0 Å². The highest BCUT2D eigenvalue weighted by Gasteiger charge is 2.52. The lowest BCUT2D eigenvalue weighted by atomic mass is 9.85. The molecule has 83 heavy (non-hydrogen) atoms. The van der Waals surface area contributed by atoms with Gasteiger partial charge in [-0.15, -0.1) is 5.06 Å². The molecule has 2 aromatic carbocycles. The number of imide groups is 1. The van der Waals surface area contributed by atoms with Gasteiger partial charge in [0.1, 0.15) is 48.8 Å². The van der Waals surface area contributed by atoms with Gasteiger partial charge in [0.25, 0.3) is 11.8 Å². The fourth-order valence-corrected chi connectivity index (χ4v) is 9.70. The lowest BCUT2D eigenvalue weighted by Gasteiger charge is -2.38. The highest BCUT2D eigenvalue weighted by molar-refractivity contribution is 6.32. The summed E-state index contributed by atoms with van der Waals surface area (Å²) >= 11 is 6.42. The molecule has 0 aliphatic carbocycles. The second kappa shape index (κ2) is 29.6. The van der Waals surface area contributed by atoms with Gasteiger partial charge >= 0.3 is 18.0 Å². The summed E-state index contributed by atoms with van der Waals surface area (Å²) in [4.78, 5) is 146. The number of nitrogens with one attached hydrogen (secondary N) is 6. The number of hydrogen-bond donors (Lipinski definition) is 7. The van der Waals surface area contributed by atoms with E-state index in [9.17, 15) is 57.8 Å². The van der Waals surface area contributed by atoms with Crippen LogP contribution in [0.2, 0.25) is 5.02 Å². The summed E-state index contributed by atoms with van der Waals surface area (Å²) in [6, 6.07) is 8.22. The first kappa shape index (κ1) is 66.2. The fraction of sp³-hybridized carbons (Fsp3) is 0.569. The Morgan fingerprint density at radius 2 is 1.51 bits per heavy atom. The Labute approximate surface area is 488 Å². The van der Waals surface area contributed by atoms with Gasteiger partial charge in [0, 0.05) is 45.2 Å². The van der Waals surface area contributed by atoms with Crippen LogP contribution in [0.1, 0.15) is 136 Å². The van der Waals surface area contributed by atoms with Crippen molar-refractivity contribution in [1.82, 2.24) is 41.9 Å². The van der Waals surface area contributed by atoms with Crippen LogP contribution in [0.5, 0.6) is 5.75 Å². The molecule has 3 aliphatic rings. The van der Waals surface area contributed by atoms with E-state index in [4.69, 9.17) is 30.6 Å². The molecule has 3 saturated heterocycles. The number of carbonyl (C=O) groups excluding carboxylic acids is 10. The number of carboxylic acids is 1. The van der Waals surface area contributed by atoms with Crippen LogP contribution in [0.25, 0.3) is 0 Å². The minimum atomic E-state index is -1.47. The number of methoxy groups -OCH3 is 1. The zero-order chi connectivity index (χ0) is 61.5. The maximum Gasteiger partial charge on any atom is 0.407 e. The number of nitrogens with zero attached hydrogens (tertiary/aromatic N) is 2. The Bertz CT molecular complexity index is 2750. The van der Waals surface area contributed by atoms with Crippen molar-refractivity contribution in [3.8, 4) is 5.75 Å². The normalized spacial score (nSPS) is 19.3. The standard InChI is InChI=1S/C58H79ClN8O16/c1-32(2)47(64-42(68)15-13-17-46(72)83-67-44(70)24-25-45(67)71)52(75)62-34(4)50(73)60-26-27-61-56(79)81-31-35-18-21-37(22-19-35)49-48(82-49)33(3)14-11-12-16-43(69)66-40(29-36-20-23-41(80-10)38(59)28-36)51(74)65-54(66)58(8,9)55(78)63-39(53(76)77)30-57(5,6)7/h12,16,18-23,28,32-34,39-40,47-49,54H,11,13-15,17,24-27,29-31H2,1-10H3,(H,60,73)(H,61,79)(H,62,75)(H,63,78)(H,64,68)(H,65,74)(H,76,77)/b16-12+/t33-,34-,39?,40+,47?,48?,49?,54-/m0/s1. The number of aliphatic carboxylic acids is 1. The molecule has 0 aromatic heterocycles. The predicted octanol–water partition coefficient (Wildman–Crippen LogP) is 4.45. The molecule has 7 N–H and O–H groups in total. The summed E-state index contributed by atoms with van der Waals surface area (Å²) < 4.78 is 16.7. The summed E-state index contributed by atoms with van der Waals surface area (Å²) in [5, 5.41) is 26.6. The van der Waals surface area contributed by atoms with Crippen LogP contribution in [0.4, 0.5) is 4.79 Å². The zero-order valence-electron chi connectivity index (χ0n) is 48.7. The van der Waals surface area contributed by atoms with E-state index in [1.165, 1.54) is 25.0 Å².